The lowest BCUT2D eigenvalue weighted by molar-refractivity contribution is -0.116. The maximum atomic E-state index is 12.6. The molecule has 0 heterocycles. The Morgan fingerprint density at radius 2 is 1.76 bits per heavy atom. The van der Waals surface area contributed by atoms with E-state index in [0.717, 1.165) is 14.1 Å². The van der Waals surface area contributed by atoms with Gasteiger partial charge in [-0.1, -0.05) is 23.2 Å². The molecular weight excluding hydrogens is 498 g/mol. The molecule has 0 aliphatic carbocycles. The van der Waals surface area contributed by atoms with Crippen LogP contribution in [0.5, 0.6) is 0 Å². The molecule has 0 saturated carbocycles. The molecule has 25 heavy (non-hydrogen) atoms. The number of anilines is 2. The topological polar surface area (TPSA) is 66.5 Å². The van der Waals surface area contributed by atoms with Gasteiger partial charge in [0.15, 0.2) is 0 Å². The summed E-state index contributed by atoms with van der Waals surface area (Å²) in [6, 6.07) is 10.6. The van der Waals surface area contributed by atoms with Gasteiger partial charge >= 0.3 is 0 Å². The van der Waals surface area contributed by atoms with Crippen molar-refractivity contribution in [3.63, 3.8) is 0 Å². The summed E-state index contributed by atoms with van der Waals surface area (Å²) < 4.78 is 26.5. The van der Waals surface area contributed by atoms with Crippen LogP contribution >= 0.6 is 45.8 Å². The van der Waals surface area contributed by atoms with Gasteiger partial charge < -0.3 is 5.32 Å². The summed E-state index contributed by atoms with van der Waals surface area (Å²) in [6.07, 6.45) is 1.01. The minimum atomic E-state index is -3.77. The first kappa shape index (κ1) is 20.3. The van der Waals surface area contributed by atoms with E-state index in [0.29, 0.717) is 10.7 Å². The molecular formula is C16H15Cl2IN2O3S. The molecule has 2 aromatic rings. The van der Waals surface area contributed by atoms with Gasteiger partial charge in [-0.05, 0) is 72.0 Å². The quantitative estimate of drug-likeness (QED) is 0.604. The third-order valence-electron chi connectivity index (χ3n) is 3.35. The summed E-state index contributed by atoms with van der Waals surface area (Å²) >= 11 is 14.2. The highest BCUT2D eigenvalue weighted by atomic mass is 127. The van der Waals surface area contributed by atoms with Crippen molar-refractivity contribution in [1.29, 1.82) is 0 Å². The predicted molar refractivity (Wildman–Crippen MR) is 111 cm³/mol. The lowest BCUT2D eigenvalue weighted by Gasteiger charge is -2.29. The van der Waals surface area contributed by atoms with Crippen LogP contribution in [0.15, 0.2) is 42.5 Å². The maximum absolute atomic E-state index is 12.6. The fraction of sp³-hybridized carbons (Fsp3) is 0.188. The van der Waals surface area contributed by atoms with E-state index in [-0.39, 0.29) is 10.7 Å². The number of benzene rings is 2. The number of halogens is 3. The predicted octanol–water partition coefficient (Wildman–Crippen LogP) is 4.39. The Morgan fingerprint density at radius 1 is 1.16 bits per heavy atom. The maximum Gasteiger partial charge on any atom is 0.247 e. The van der Waals surface area contributed by atoms with E-state index in [2.05, 4.69) is 27.9 Å². The van der Waals surface area contributed by atoms with Crippen LogP contribution in [0, 0.1) is 3.57 Å². The summed E-state index contributed by atoms with van der Waals surface area (Å²) in [5, 5.41) is 3.20. The Hall–Kier alpha value is -1.03. The number of rotatable bonds is 5. The van der Waals surface area contributed by atoms with Crippen LogP contribution in [0.25, 0.3) is 0 Å². The number of hydrogen-bond donors (Lipinski definition) is 1. The van der Waals surface area contributed by atoms with Crippen LogP contribution in [-0.4, -0.2) is 26.6 Å². The number of nitrogens with one attached hydrogen (secondary N) is 1. The fourth-order valence-corrected chi connectivity index (χ4v) is 4.18. The number of carbonyl (C=O) groups is 1. The smallest absolute Gasteiger partial charge is 0.247 e. The molecule has 0 bridgehead atoms. The zero-order valence-corrected chi connectivity index (χ0v) is 17.8. The number of hydrogen-bond acceptors (Lipinski definition) is 3. The highest BCUT2D eigenvalue weighted by Crippen LogP contribution is 2.32. The van der Waals surface area contributed by atoms with Crippen molar-refractivity contribution >= 4 is 73.1 Å². The molecule has 0 saturated heterocycles. The highest BCUT2D eigenvalue weighted by molar-refractivity contribution is 14.1. The van der Waals surface area contributed by atoms with E-state index in [1.54, 1.807) is 18.2 Å². The monoisotopic (exact) mass is 512 g/mol. The van der Waals surface area contributed by atoms with Crippen molar-refractivity contribution in [2.24, 2.45) is 0 Å². The Kier molecular flexibility index (Phi) is 6.58. The number of nitrogens with zero attached hydrogens (tertiary/aromatic N) is 1. The van der Waals surface area contributed by atoms with E-state index in [1.807, 2.05) is 12.1 Å². The molecule has 0 unspecified atom stereocenters. The molecule has 1 N–H and O–H groups in total. The second-order valence-electron chi connectivity index (χ2n) is 5.33. The lowest BCUT2D eigenvalue weighted by Crippen LogP contribution is -2.45. The molecule has 134 valence electrons. The third-order valence-corrected chi connectivity index (χ3v) is 5.85. The second kappa shape index (κ2) is 8.11. The third kappa shape index (κ3) is 5.22. The molecule has 0 aliphatic heterocycles. The van der Waals surface area contributed by atoms with Crippen molar-refractivity contribution in [2.45, 2.75) is 13.0 Å². The molecule has 1 amide bonds. The van der Waals surface area contributed by atoms with Crippen molar-refractivity contribution in [1.82, 2.24) is 0 Å². The van der Waals surface area contributed by atoms with E-state index in [4.69, 9.17) is 23.2 Å². The van der Waals surface area contributed by atoms with Crippen molar-refractivity contribution in [3.05, 3.63) is 56.1 Å². The van der Waals surface area contributed by atoms with Crippen LogP contribution in [0.3, 0.4) is 0 Å². The molecule has 2 rings (SSSR count). The van der Waals surface area contributed by atoms with Gasteiger partial charge in [-0.25, -0.2) is 8.42 Å². The molecule has 0 spiro atoms. The first-order valence-electron chi connectivity index (χ1n) is 7.10. The summed E-state index contributed by atoms with van der Waals surface area (Å²) in [5.41, 5.74) is 0.727. The summed E-state index contributed by atoms with van der Waals surface area (Å²) in [5.74, 6) is -0.484. The average molecular weight is 513 g/mol. The van der Waals surface area contributed by atoms with Gasteiger partial charge in [0.05, 0.1) is 17.0 Å². The van der Waals surface area contributed by atoms with Crippen LogP contribution in [0.1, 0.15) is 6.92 Å². The molecule has 9 heteroatoms. The van der Waals surface area contributed by atoms with Crippen LogP contribution in [0.4, 0.5) is 11.4 Å². The van der Waals surface area contributed by atoms with E-state index in [9.17, 15) is 13.2 Å². The number of amides is 1. The largest absolute Gasteiger partial charge is 0.324 e. The molecule has 0 radical (unpaired) electrons. The van der Waals surface area contributed by atoms with Gasteiger partial charge in [0.2, 0.25) is 15.9 Å². The van der Waals surface area contributed by atoms with Crippen molar-refractivity contribution in [2.75, 3.05) is 15.9 Å². The molecule has 2 aromatic carbocycles. The molecule has 5 nitrogen and oxygen atoms in total. The Labute approximate surface area is 170 Å². The Balaban J connectivity index is 2.36. The van der Waals surface area contributed by atoms with E-state index >= 15 is 0 Å². The summed E-state index contributed by atoms with van der Waals surface area (Å²) in [6.45, 7) is 1.49. The molecule has 0 aliphatic rings. The highest BCUT2D eigenvalue weighted by Gasteiger charge is 2.30. The first-order chi connectivity index (χ1) is 11.6. The Morgan fingerprint density at radius 3 is 2.32 bits per heavy atom. The SMILES string of the molecule is C[C@@H](C(=O)Nc1ccc(I)cc1)N(c1cc(Cl)ccc1Cl)S(C)(=O)=O. The summed E-state index contributed by atoms with van der Waals surface area (Å²) in [4.78, 5) is 12.6. The van der Waals surface area contributed by atoms with E-state index < -0.39 is 22.0 Å². The van der Waals surface area contributed by atoms with Gasteiger partial charge in [-0.3, -0.25) is 9.10 Å². The number of sulfonamides is 1. The minimum absolute atomic E-state index is 0.155. The first-order valence-corrected chi connectivity index (χ1v) is 10.8. The van der Waals surface area contributed by atoms with Crippen LogP contribution in [0.2, 0.25) is 10.0 Å². The van der Waals surface area contributed by atoms with Gasteiger partial charge in [-0.15, -0.1) is 0 Å². The van der Waals surface area contributed by atoms with Gasteiger partial charge in [-0.2, -0.15) is 0 Å². The second-order valence-corrected chi connectivity index (χ2v) is 9.28. The standard InChI is InChI=1S/C16H15Cl2IN2O3S/c1-10(16(22)20-13-6-4-12(19)5-7-13)21(25(2,23)24)15-9-11(17)3-8-14(15)18/h3-10H,1-2H3,(H,20,22)/t10-/m0/s1. The van der Waals surface area contributed by atoms with Crippen molar-refractivity contribution < 1.29 is 13.2 Å². The zero-order chi connectivity index (χ0) is 18.8. The molecule has 0 fully saturated rings. The fourth-order valence-electron chi connectivity index (χ4n) is 2.22. The minimum Gasteiger partial charge on any atom is -0.324 e. The van der Waals surface area contributed by atoms with Gasteiger partial charge in [0.25, 0.3) is 0 Å². The van der Waals surface area contributed by atoms with Gasteiger partial charge in [0, 0.05) is 14.3 Å². The zero-order valence-electron chi connectivity index (χ0n) is 13.3. The van der Waals surface area contributed by atoms with Crippen molar-refractivity contribution in [3.8, 4) is 0 Å². The van der Waals surface area contributed by atoms with Gasteiger partial charge in [0.1, 0.15) is 6.04 Å². The summed E-state index contributed by atoms with van der Waals surface area (Å²) in [7, 11) is -3.77. The van der Waals surface area contributed by atoms with Crippen LogP contribution < -0.4 is 9.62 Å². The number of carbonyl (C=O) groups excluding carboxylic acids is 1. The Bertz CT molecular complexity index is 889. The lowest BCUT2D eigenvalue weighted by atomic mass is 10.2. The van der Waals surface area contributed by atoms with Crippen LogP contribution in [-0.2, 0) is 14.8 Å². The average Bonchev–Trinajstić information content (AvgIpc) is 2.51. The normalized spacial score (nSPS) is 12.5. The molecule has 0 aromatic heterocycles. The van der Waals surface area contributed by atoms with E-state index in [1.165, 1.54) is 19.1 Å². The molecule has 1 atom stereocenters.